The van der Waals surface area contributed by atoms with Gasteiger partial charge in [0.15, 0.2) is 0 Å². The summed E-state index contributed by atoms with van der Waals surface area (Å²) >= 11 is 2.03. The Balaban J connectivity index is 2.08. The van der Waals surface area contributed by atoms with Crippen molar-refractivity contribution in [3.63, 3.8) is 0 Å². The van der Waals surface area contributed by atoms with Gasteiger partial charge in [0.2, 0.25) is 0 Å². The molecule has 1 aromatic carbocycles. The van der Waals surface area contributed by atoms with E-state index in [4.69, 9.17) is 0 Å². The lowest BCUT2D eigenvalue weighted by Gasteiger charge is -2.20. The number of hydrogen-bond donors (Lipinski definition) is 0. The zero-order valence-corrected chi connectivity index (χ0v) is 7.94. The summed E-state index contributed by atoms with van der Waals surface area (Å²) in [5, 5.41) is 1.59. The summed E-state index contributed by atoms with van der Waals surface area (Å²) < 4.78 is 0. The fourth-order valence-electron chi connectivity index (χ4n) is 1.51. The van der Waals surface area contributed by atoms with Crippen LogP contribution in [0.3, 0.4) is 0 Å². The van der Waals surface area contributed by atoms with Gasteiger partial charge in [0.1, 0.15) is 0 Å². The molecule has 1 saturated heterocycles. The molecular formula is C11H13S. The van der Waals surface area contributed by atoms with E-state index in [1.807, 2.05) is 11.8 Å². The number of thioether (sulfide) groups is 1. The molecule has 1 heteroatoms. The Morgan fingerprint density at radius 1 is 1.00 bits per heavy atom. The van der Waals surface area contributed by atoms with Gasteiger partial charge in [-0.15, -0.1) is 11.8 Å². The highest BCUT2D eigenvalue weighted by molar-refractivity contribution is 8.02. The molecule has 2 rings (SSSR count). The summed E-state index contributed by atoms with van der Waals surface area (Å²) in [5.74, 6) is 1.31. The number of benzene rings is 1. The van der Waals surface area contributed by atoms with E-state index in [9.17, 15) is 0 Å². The summed E-state index contributed by atoms with van der Waals surface area (Å²) in [6.07, 6.45) is 4.05. The molecule has 63 valence electrons. The van der Waals surface area contributed by atoms with Gasteiger partial charge in [0.05, 0.1) is 5.25 Å². The van der Waals surface area contributed by atoms with Crippen LogP contribution in [0.5, 0.6) is 0 Å². The van der Waals surface area contributed by atoms with Crippen molar-refractivity contribution in [1.82, 2.24) is 0 Å². The molecule has 0 N–H and O–H groups in total. The Labute approximate surface area is 78.4 Å². The van der Waals surface area contributed by atoms with Gasteiger partial charge in [0.25, 0.3) is 0 Å². The fraction of sp³-hybridized carbons (Fsp3) is 0.364. The molecule has 1 aromatic rings. The van der Waals surface area contributed by atoms with Crippen molar-refractivity contribution < 1.29 is 0 Å². The second-order valence-corrected chi connectivity index (χ2v) is 4.28. The smallest absolute Gasteiger partial charge is 0.0595 e. The van der Waals surface area contributed by atoms with E-state index >= 15 is 0 Å². The molecule has 0 unspecified atom stereocenters. The van der Waals surface area contributed by atoms with Crippen molar-refractivity contribution >= 4 is 11.8 Å². The van der Waals surface area contributed by atoms with Gasteiger partial charge < -0.3 is 0 Å². The summed E-state index contributed by atoms with van der Waals surface area (Å²) in [5.41, 5.74) is 1.43. The highest BCUT2D eigenvalue weighted by atomic mass is 32.2. The summed E-state index contributed by atoms with van der Waals surface area (Å²) in [7, 11) is 0. The number of rotatable bonds is 1. The van der Waals surface area contributed by atoms with Crippen molar-refractivity contribution in [2.45, 2.75) is 19.3 Å². The molecule has 0 nitrogen and oxygen atoms in total. The van der Waals surface area contributed by atoms with Crippen molar-refractivity contribution in [1.29, 1.82) is 0 Å². The van der Waals surface area contributed by atoms with Gasteiger partial charge in [-0.25, -0.2) is 0 Å². The maximum Gasteiger partial charge on any atom is 0.0595 e. The molecule has 1 aliphatic heterocycles. The second-order valence-electron chi connectivity index (χ2n) is 3.09. The minimum absolute atomic E-state index is 1.29. The first kappa shape index (κ1) is 8.18. The lowest BCUT2D eigenvalue weighted by Crippen LogP contribution is -2.02. The zero-order chi connectivity index (χ0) is 8.23. The molecular weight excluding hydrogens is 164 g/mol. The molecule has 0 amide bonds. The van der Waals surface area contributed by atoms with Crippen LogP contribution < -0.4 is 0 Å². The fourth-order valence-corrected chi connectivity index (χ4v) is 2.69. The van der Waals surface area contributed by atoms with E-state index < -0.39 is 0 Å². The van der Waals surface area contributed by atoms with Crippen molar-refractivity contribution in [2.24, 2.45) is 0 Å². The monoisotopic (exact) mass is 177 g/mol. The van der Waals surface area contributed by atoms with Crippen LogP contribution in [0.15, 0.2) is 30.3 Å². The SMILES string of the molecule is c1ccc([C]2CCCCS2)cc1. The highest BCUT2D eigenvalue weighted by Gasteiger charge is 2.15. The van der Waals surface area contributed by atoms with Crippen LogP contribution in [0.1, 0.15) is 24.8 Å². The summed E-state index contributed by atoms with van der Waals surface area (Å²) in [6.45, 7) is 0. The molecule has 0 aromatic heterocycles. The van der Waals surface area contributed by atoms with Gasteiger partial charge in [-0.2, -0.15) is 0 Å². The first-order chi connectivity index (χ1) is 5.97. The van der Waals surface area contributed by atoms with E-state index in [0.717, 1.165) is 0 Å². The minimum atomic E-state index is 1.29. The van der Waals surface area contributed by atoms with E-state index in [0.29, 0.717) is 0 Å². The average molecular weight is 177 g/mol. The van der Waals surface area contributed by atoms with Crippen LogP contribution in [-0.4, -0.2) is 5.75 Å². The molecule has 1 fully saturated rings. The van der Waals surface area contributed by atoms with E-state index in [1.165, 1.54) is 30.6 Å². The quantitative estimate of drug-likeness (QED) is 0.633. The van der Waals surface area contributed by atoms with Gasteiger partial charge >= 0.3 is 0 Å². The molecule has 0 atom stereocenters. The van der Waals surface area contributed by atoms with Crippen molar-refractivity contribution in [3.8, 4) is 0 Å². The first-order valence-corrected chi connectivity index (χ1v) is 5.49. The molecule has 1 radical (unpaired) electrons. The second kappa shape index (κ2) is 3.99. The summed E-state index contributed by atoms with van der Waals surface area (Å²) in [4.78, 5) is 0. The molecule has 0 bridgehead atoms. The van der Waals surface area contributed by atoms with Crippen LogP contribution >= 0.6 is 11.8 Å². The summed E-state index contributed by atoms with van der Waals surface area (Å²) in [6, 6.07) is 10.8. The Kier molecular flexibility index (Phi) is 2.72. The Morgan fingerprint density at radius 3 is 2.50 bits per heavy atom. The molecule has 1 heterocycles. The normalized spacial score (nSPS) is 19.3. The average Bonchev–Trinajstić information content (AvgIpc) is 2.21. The van der Waals surface area contributed by atoms with Crippen LogP contribution in [0.2, 0.25) is 0 Å². The molecule has 0 aliphatic carbocycles. The lowest BCUT2D eigenvalue weighted by molar-refractivity contribution is 0.767. The van der Waals surface area contributed by atoms with Gasteiger partial charge in [-0.05, 0) is 24.2 Å². The number of hydrogen-bond acceptors (Lipinski definition) is 1. The zero-order valence-electron chi connectivity index (χ0n) is 7.12. The minimum Gasteiger partial charge on any atom is -0.149 e. The van der Waals surface area contributed by atoms with Gasteiger partial charge in [-0.3, -0.25) is 0 Å². The molecule has 0 spiro atoms. The van der Waals surface area contributed by atoms with Crippen LogP contribution in [0.25, 0.3) is 0 Å². The largest absolute Gasteiger partial charge is 0.149 e. The van der Waals surface area contributed by atoms with Gasteiger partial charge in [0, 0.05) is 0 Å². The third kappa shape index (κ3) is 1.84. The van der Waals surface area contributed by atoms with Crippen molar-refractivity contribution in [3.05, 3.63) is 41.1 Å². The maximum absolute atomic E-state index is 2.22. The van der Waals surface area contributed by atoms with Gasteiger partial charge in [-0.1, -0.05) is 36.8 Å². The molecule has 0 saturated carbocycles. The molecule has 12 heavy (non-hydrogen) atoms. The van der Waals surface area contributed by atoms with Crippen LogP contribution in [-0.2, 0) is 0 Å². The Hall–Kier alpha value is -0.430. The predicted octanol–water partition coefficient (Wildman–Crippen LogP) is 3.48. The van der Waals surface area contributed by atoms with E-state index in [1.54, 1.807) is 5.25 Å². The van der Waals surface area contributed by atoms with Crippen LogP contribution in [0, 0.1) is 5.25 Å². The van der Waals surface area contributed by atoms with E-state index in [2.05, 4.69) is 30.3 Å². The maximum atomic E-state index is 2.22. The highest BCUT2D eigenvalue weighted by Crippen LogP contribution is 2.36. The standard InChI is InChI=1S/C11H13S/c1-2-6-10(7-3-1)11-8-4-5-9-12-11/h1-3,6-7H,4-5,8-9H2. The topological polar surface area (TPSA) is 0 Å². The third-order valence-corrected chi connectivity index (χ3v) is 3.45. The Morgan fingerprint density at radius 2 is 1.83 bits per heavy atom. The van der Waals surface area contributed by atoms with Crippen LogP contribution in [0.4, 0.5) is 0 Å². The van der Waals surface area contributed by atoms with E-state index in [-0.39, 0.29) is 0 Å². The first-order valence-electron chi connectivity index (χ1n) is 4.51. The van der Waals surface area contributed by atoms with Crippen molar-refractivity contribution in [2.75, 3.05) is 5.75 Å². The predicted molar refractivity (Wildman–Crippen MR) is 55.1 cm³/mol. The lowest BCUT2D eigenvalue weighted by atomic mass is 10.1. The third-order valence-electron chi connectivity index (χ3n) is 2.17. The Bertz CT molecular complexity index is 224. The molecule has 1 aliphatic rings.